The Morgan fingerprint density at radius 1 is 1.70 bits per heavy atom. The van der Waals surface area contributed by atoms with Crippen molar-refractivity contribution < 1.29 is 0 Å². The Labute approximate surface area is 58.9 Å². The van der Waals surface area contributed by atoms with E-state index in [2.05, 4.69) is 10.9 Å². The van der Waals surface area contributed by atoms with Crippen molar-refractivity contribution in [2.45, 2.75) is 6.42 Å². The standard InChI is InChI=1S/C8H7NO/c1-2-4-7-5-3-6-9-8(7)10/h1,3,5-6H,4H2,(H,9,10). The summed E-state index contributed by atoms with van der Waals surface area (Å²) in [5, 5.41) is 0. The molecule has 0 saturated heterocycles. The molecular weight excluding hydrogens is 126 g/mol. The molecule has 1 N–H and O–H groups in total. The third-order valence-electron chi connectivity index (χ3n) is 1.19. The van der Waals surface area contributed by atoms with Gasteiger partial charge in [0.05, 0.1) is 0 Å². The van der Waals surface area contributed by atoms with Gasteiger partial charge in [0.15, 0.2) is 0 Å². The molecule has 0 amide bonds. The van der Waals surface area contributed by atoms with Crippen LogP contribution in [0.25, 0.3) is 0 Å². The number of aromatic amines is 1. The van der Waals surface area contributed by atoms with Crippen molar-refractivity contribution in [2.75, 3.05) is 0 Å². The van der Waals surface area contributed by atoms with Crippen LogP contribution in [-0.2, 0) is 6.42 Å². The topological polar surface area (TPSA) is 32.9 Å². The quantitative estimate of drug-likeness (QED) is 0.557. The van der Waals surface area contributed by atoms with E-state index in [-0.39, 0.29) is 5.56 Å². The van der Waals surface area contributed by atoms with Gasteiger partial charge in [-0.05, 0) is 6.07 Å². The maximum Gasteiger partial charge on any atom is 0.252 e. The summed E-state index contributed by atoms with van der Waals surface area (Å²) in [6, 6.07) is 3.48. The number of pyridine rings is 1. The van der Waals surface area contributed by atoms with Crippen molar-refractivity contribution in [1.29, 1.82) is 0 Å². The van der Waals surface area contributed by atoms with E-state index in [1.807, 2.05) is 0 Å². The molecule has 0 aliphatic heterocycles. The van der Waals surface area contributed by atoms with E-state index in [0.29, 0.717) is 12.0 Å². The van der Waals surface area contributed by atoms with Gasteiger partial charge in [0, 0.05) is 18.2 Å². The van der Waals surface area contributed by atoms with Gasteiger partial charge in [0.1, 0.15) is 0 Å². The van der Waals surface area contributed by atoms with Crippen LogP contribution in [0.15, 0.2) is 23.1 Å². The molecule has 0 aliphatic rings. The van der Waals surface area contributed by atoms with E-state index in [9.17, 15) is 4.79 Å². The van der Waals surface area contributed by atoms with E-state index in [0.717, 1.165) is 0 Å². The number of aromatic nitrogens is 1. The summed E-state index contributed by atoms with van der Waals surface area (Å²) in [4.78, 5) is 13.4. The van der Waals surface area contributed by atoms with Gasteiger partial charge in [-0.1, -0.05) is 6.07 Å². The summed E-state index contributed by atoms with van der Waals surface area (Å²) >= 11 is 0. The molecule has 0 aliphatic carbocycles. The Bertz CT molecular complexity index is 306. The van der Waals surface area contributed by atoms with Crippen LogP contribution < -0.4 is 5.56 Å². The molecule has 1 heterocycles. The number of hydrogen-bond donors (Lipinski definition) is 1. The summed E-state index contributed by atoms with van der Waals surface area (Å²) in [6.45, 7) is 0. The van der Waals surface area contributed by atoms with Crippen LogP contribution in [0.5, 0.6) is 0 Å². The van der Waals surface area contributed by atoms with Gasteiger partial charge in [-0.2, -0.15) is 0 Å². The Morgan fingerprint density at radius 3 is 3.10 bits per heavy atom. The fourth-order valence-electron chi connectivity index (χ4n) is 0.706. The van der Waals surface area contributed by atoms with E-state index in [1.165, 1.54) is 0 Å². The molecule has 0 fully saturated rings. The van der Waals surface area contributed by atoms with E-state index < -0.39 is 0 Å². The molecule has 0 saturated carbocycles. The molecule has 0 spiro atoms. The Hall–Kier alpha value is -1.49. The average Bonchev–Trinajstić information content (AvgIpc) is 1.94. The lowest BCUT2D eigenvalue weighted by Gasteiger charge is -1.89. The minimum atomic E-state index is -0.0968. The van der Waals surface area contributed by atoms with Gasteiger partial charge in [-0.25, -0.2) is 0 Å². The molecule has 2 nitrogen and oxygen atoms in total. The predicted octanol–water partition coefficient (Wildman–Crippen LogP) is 0.551. The van der Waals surface area contributed by atoms with Crippen LogP contribution in [0.2, 0.25) is 0 Å². The first-order valence-corrected chi connectivity index (χ1v) is 2.94. The maximum absolute atomic E-state index is 10.9. The van der Waals surface area contributed by atoms with Crippen molar-refractivity contribution in [2.24, 2.45) is 0 Å². The molecule has 0 unspecified atom stereocenters. The van der Waals surface area contributed by atoms with Crippen LogP contribution >= 0.6 is 0 Å². The van der Waals surface area contributed by atoms with Gasteiger partial charge >= 0.3 is 0 Å². The summed E-state index contributed by atoms with van der Waals surface area (Å²) in [5.74, 6) is 2.40. The Balaban J connectivity index is 3.07. The van der Waals surface area contributed by atoms with Crippen LogP contribution in [0, 0.1) is 12.3 Å². The summed E-state index contributed by atoms with van der Waals surface area (Å²) < 4.78 is 0. The first-order chi connectivity index (χ1) is 4.84. The van der Waals surface area contributed by atoms with Gasteiger partial charge in [0.25, 0.3) is 5.56 Å². The second-order valence-electron chi connectivity index (χ2n) is 1.91. The molecular formula is C8H7NO. The summed E-state index contributed by atoms with van der Waals surface area (Å²) in [6.07, 6.45) is 7.01. The zero-order valence-corrected chi connectivity index (χ0v) is 5.42. The Kier molecular flexibility index (Phi) is 1.91. The number of hydrogen-bond acceptors (Lipinski definition) is 1. The minimum Gasteiger partial charge on any atom is -0.329 e. The maximum atomic E-state index is 10.9. The number of terminal acetylenes is 1. The lowest BCUT2D eigenvalue weighted by Crippen LogP contribution is -2.09. The van der Waals surface area contributed by atoms with Crippen molar-refractivity contribution in [3.8, 4) is 12.3 Å². The monoisotopic (exact) mass is 133 g/mol. The normalized spacial score (nSPS) is 8.70. The molecule has 0 bridgehead atoms. The highest BCUT2D eigenvalue weighted by Crippen LogP contribution is 1.87. The van der Waals surface area contributed by atoms with E-state index in [4.69, 9.17) is 6.42 Å². The molecule has 1 aromatic rings. The zero-order valence-electron chi connectivity index (χ0n) is 5.42. The number of rotatable bonds is 1. The highest BCUT2D eigenvalue weighted by Gasteiger charge is 1.92. The first kappa shape index (κ1) is 6.63. The SMILES string of the molecule is C#CCc1ccc[nH]c1=O. The van der Waals surface area contributed by atoms with Gasteiger partial charge in [-0.15, -0.1) is 12.3 Å². The van der Waals surface area contributed by atoms with Crippen LogP contribution in [0.3, 0.4) is 0 Å². The molecule has 0 radical (unpaired) electrons. The van der Waals surface area contributed by atoms with Crippen LogP contribution in [0.1, 0.15) is 5.56 Å². The molecule has 1 aromatic heterocycles. The molecule has 1 rings (SSSR count). The van der Waals surface area contributed by atoms with Gasteiger partial charge in [-0.3, -0.25) is 4.79 Å². The Morgan fingerprint density at radius 2 is 2.50 bits per heavy atom. The average molecular weight is 133 g/mol. The summed E-state index contributed by atoms with van der Waals surface area (Å²) in [5.41, 5.74) is 0.547. The highest BCUT2D eigenvalue weighted by atomic mass is 16.1. The van der Waals surface area contributed by atoms with Crippen LogP contribution in [-0.4, -0.2) is 4.98 Å². The predicted molar refractivity (Wildman–Crippen MR) is 39.6 cm³/mol. The second kappa shape index (κ2) is 2.88. The highest BCUT2D eigenvalue weighted by molar-refractivity contribution is 5.14. The molecule has 2 heteroatoms. The van der Waals surface area contributed by atoms with Crippen molar-refractivity contribution >= 4 is 0 Å². The van der Waals surface area contributed by atoms with Gasteiger partial charge < -0.3 is 4.98 Å². The third-order valence-corrected chi connectivity index (χ3v) is 1.19. The lowest BCUT2D eigenvalue weighted by atomic mass is 10.2. The van der Waals surface area contributed by atoms with Crippen LogP contribution in [0.4, 0.5) is 0 Å². The molecule has 0 aromatic carbocycles. The molecule has 50 valence electrons. The lowest BCUT2D eigenvalue weighted by molar-refractivity contribution is 1.14. The van der Waals surface area contributed by atoms with E-state index in [1.54, 1.807) is 18.3 Å². The molecule has 0 atom stereocenters. The second-order valence-corrected chi connectivity index (χ2v) is 1.91. The zero-order chi connectivity index (χ0) is 7.40. The van der Waals surface area contributed by atoms with E-state index >= 15 is 0 Å². The van der Waals surface area contributed by atoms with Gasteiger partial charge in [0.2, 0.25) is 0 Å². The fraction of sp³-hybridized carbons (Fsp3) is 0.125. The largest absolute Gasteiger partial charge is 0.329 e. The first-order valence-electron chi connectivity index (χ1n) is 2.94. The number of H-pyrrole nitrogens is 1. The fourth-order valence-corrected chi connectivity index (χ4v) is 0.706. The van der Waals surface area contributed by atoms with Crippen molar-refractivity contribution in [3.05, 3.63) is 34.2 Å². The summed E-state index contributed by atoms with van der Waals surface area (Å²) in [7, 11) is 0. The van der Waals surface area contributed by atoms with Crippen molar-refractivity contribution in [1.82, 2.24) is 4.98 Å². The number of nitrogens with one attached hydrogen (secondary N) is 1. The smallest absolute Gasteiger partial charge is 0.252 e. The van der Waals surface area contributed by atoms with Crippen molar-refractivity contribution in [3.63, 3.8) is 0 Å². The third kappa shape index (κ3) is 1.26. The minimum absolute atomic E-state index is 0.0968. The molecule has 10 heavy (non-hydrogen) atoms.